The fourth-order valence-corrected chi connectivity index (χ4v) is 3.13. The van der Waals surface area contributed by atoms with Gasteiger partial charge in [-0.2, -0.15) is 4.31 Å². The van der Waals surface area contributed by atoms with Crippen molar-refractivity contribution in [3.8, 4) is 0 Å². The van der Waals surface area contributed by atoms with Crippen LogP contribution in [0.3, 0.4) is 0 Å². The Labute approximate surface area is 105 Å². The molecule has 0 aromatic rings. The number of hydrogen-bond donors (Lipinski definition) is 1. The van der Waals surface area contributed by atoms with E-state index >= 15 is 0 Å². The molecule has 102 valence electrons. The van der Waals surface area contributed by atoms with Crippen LogP contribution in [-0.2, 0) is 10.0 Å². The summed E-state index contributed by atoms with van der Waals surface area (Å²) in [6, 6.07) is 0. The van der Waals surface area contributed by atoms with E-state index < -0.39 is 10.0 Å². The Balaban J connectivity index is 2.36. The Morgan fingerprint density at radius 2 is 1.82 bits per heavy atom. The molecule has 1 unspecified atom stereocenters. The van der Waals surface area contributed by atoms with Crippen molar-refractivity contribution in [2.45, 2.75) is 19.8 Å². The van der Waals surface area contributed by atoms with Crippen LogP contribution in [0, 0.1) is 5.92 Å². The molecular weight excluding hydrogens is 238 g/mol. The molecule has 6 heteroatoms. The number of sulfonamides is 1. The molecule has 17 heavy (non-hydrogen) atoms. The van der Waals surface area contributed by atoms with Crippen LogP contribution in [0.2, 0.25) is 0 Å². The van der Waals surface area contributed by atoms with E-state index in [4.69, 9.17) is 5.73 Å². The predicted octanol–water partition coefficient (Wildman–Crippen LogP) is -0.0614. The molecule has 0 bridgehead atoms. The lowest BCUT2D eigenvalue weighted by molar-refractivity contribution is 0.163. The molecule has 0 amide bonds. The van der Waals surface area contributed by atoms with Gasteiger partial charge in [0.05, 0.1) is 6.26 Å². The summed E-state index contributed by atoms with van der Waals surface area (Å²) < 4.78 is 24.3. The fourth-order valence-electron chi connectivity index (χ4n) is 2.30. The maximum absolute atomic E-state index is 11.4. The average molecular weight is 263 g/mol. The highest BCUT2D eigenvalue weighted by molar-refractivity contribution is 7.88. The van der Waals surface area contributed by atoms with Gasteiger partial charge in [-0.25, -0.2) is 8.42 Å². The van der Waals surface area contributed by atoms with E-state index in [1.807, 2.05) is 0 Å². The molecule has 5 nitrogen and oxygen atoms in total. The van der Waals surface area contributed by atoms with Gasteiger partial charge < -0.3 is 10.6 Å². The van der Waals surface area contributed by atoms with Crippen LogP contribution in [0.4, 0.5) is 0 Å². The number of nitrogens with two attached hydrogens (primary N) is 1. The Morgan fingerprint density at radius 1 is 1.24 bits per heavy atom. The van der Waals surface area contributed by atoms with Gasteiger partial charge in [0.1, 0.15) is 0 Å². The minimum Gasteiger partial charge on any atom is -0.330 e. The van der Waals surface area contributed by atoms with Crippen LogP contribution >= 0.6 is 0 Å². The third-order valence-corrected chi connectivity index (χ3v) is 4.65. The van der Waals surface area contributed by atoms with Gasteiger partial charge in [-0.05, 0) is 18.9 Å². The summed E-state index contributed by atoms with van der Waals surface area (Å²) in [5.74, 6) is 0.546. The molecule has 1 fully saturated rings. The van der Waals surface area contributed by atoms with Crippen LogP contribution < -0.4 is 5.73 Å². The second kappa shape index (κ2) is 6.68. The SMILES string of the molecule is CCCC(CN)CN1CCN(S(C)(=O)=O)CC1. The van der Waals surface area contributed by atoms with E-state index in [0.717, 1.165) is 39.0 Å². The molecule has 1 atom stereocenters. The first kappa shape index (κ1) is 14.9. The van der Waals surface area contributed by atoms with E-state index in [9.17, 15) is 8.42 Å². The molecule has 0 saturated carbocycles. The molecule has 0 aromatic carbocycles. The summed E-state index contributed by atoms with van der Waals surface area (Å²) in [5, 5.41) is 0. The zero-order valence-corrected chi connectivity index (χ0v) is 11.7. The lowest BCUT2D eigenvalue weighted by Gasteiger charge is -2.35. The van der Waals surface area contributed by atoms with Gasteiger partial charge in [0.15, 0.2) is 0 Å². The molecule has 0 aliphatic carbocycles. The molecule has 0 spiro atoms. The van der Waals surface area contributed by atoms with E-state index in [0.29, 0.717) is 19.0 Å². The zero-order chi connectivity index (χ0) is 12.9. The van der Waals surface area contributed by atoms with Gasteiger partial charge in [0.2, 0.25) is 10.0 Å². The molecule has 0 aromatic heterocycles. The predicted molar refractivity (Wildman–Crippen MR) is 70.3 cm³/mol. The van der Waals surface area contributed by atoms with Crippen molar-refractivity contribution in [2.24, 2.45) is 11.7 Å². The number of nitrogens with zero attached hydrogens (tertiary/aromatic N) is 2. The largest absolute Gasteiger partial charge is 0.330 e. The van der Waals surface area contributed by atoms with Crippen molar-refractivity contribution in [3.05, 3.63) is 0 Å². The first-order chi connectivity index (χ1) is 7.97. The van der Waals surface area contributed by atoms with Gasteiger partial charge in [-0.15, -0.1) is 0 Å². The Hall–Kier alpha value is -0.170. The van der Waals surface area contributed by atoms with Crippen molar-refractivity contribution in [1.29, 1.82) is 0 Å². The van der Waals surface area contributed by atoms with Crippen molar-refractivity contribution in [1.82, 2.24) is 9.21 Å². The highest BCUT2D eigenvalue weighted by atomic mass is 32.2. The first-order valence-corrected chi connectivity index (χ1v) is 8.19. The molecule has 1 aliphatic rings. The van der Waals surface area contributed by atoms with Gasteiger partial charge in [-0.3, -0.25) is 0 Å². The lowest BCUT2D eigenvalue weighted by atomic mass is 10.0. The highest BCUT2D eigenvalue weighted by Crippen LogP contribution is 2.11. The van der Waals surface area contributed by atoms with Crippen LogP contribution in [0.1, 0.15) is 19.8 Å². The minimum absolute atomic E-state index is 0.546. The monoisotopic (exact) mass is 263 g/mol. The van der Waals surface area contributed by atoms with Crippen LogP contribution in [-0.4, -0.2) is 63.1 Å². The standard InChI is InChI=1S/C11H25N3O2S/c1-3-4-11(9-12)10-13-5-7-14(8-6-13)17(2,15)16/h11H,3-10,12H2,1-2H3. The number of rotatable bonds is 6. The quantitative estimate of drug-likeness (QED) is 0.729. The Morgan fingerprint density at radius 3 is 2.24 bits per heavy atom. The van der Waals surface area contributed by atoms with E-state index in [2.05, 4.69) is 11.8 Å². The molecule has 1 saturated heterocycles. The fraction of sp³-hybridized carbons (Fsp3) is 1.00. The second-order valence-corrected chi connectivity index (χ2v) is 6.84. The zero-order valence-electron chi connectivity index (χ0n) is 10.9. The minimum atomic E-state index is -3.01. The van der Waals surface area contributed by atoms with Gasteiger partial charge in [0, 0.05) is 32.7 Å². The summed E-state index contributed by atoms with van der Waals surface area (Å²) >= 11 is 0. The first-order valence-electron chi connectivity index (χ1n) is 6.35. The smallest absolute Gasteiger partial charge is 0.211 e. The van der Waals surface area contributed by atoms with Crippen LogP contribution in [0.15, 0.2) is 0 Å². The van der Waals surface area contributed by atoms with Crippen LogP contribution in [0.5, 0.6) is 0 Å². The van der Waals surface area contributed by atoms with Gasteiger partial charge in [-0.1, -0.05) is 13.3 Å². The van der Waals surface area contributed by atoms with E-state index in [1.54, 1.807) is 4.31 Å². The third kappa shape index (κ3) is 4.91. The Bertz CT molecular complexity index is 311. The molecule has 0 radical (unpaired) electrons. The molecule has 1 heterocycles. The summed E-state index contributed by atoms with van der Waals surface area (Å²) in [6.45, 7) is 6.78. The second-order valence-electron chi connectivity index (χ2n) is 4.85. The van der Waals surface area contributed by atoms with Crippen molar-refractivity contribution < 1.29 is 8.42 Å². The van der Waals surface area contributed by atoms with E-state index in [1.165, 1.54) is 6.26 Å². The van der Waals surface area contributed by atoms with Crippen LogP contribution in [0.25, 0.3) is 0 Å². The topological polar surface area (TPSA) is 66.6 Å². The van der Waals surface area contributed by atoms with E-state index in [-0.39, 0.29) is 0 Å². The van der Waals surface area contributed by atoms with Crippen molar-refractivity contribution in [3.63, 3.8) is 0 Å². The third-order valence-electron chi connectivity index (χ3n) is 3.35. The summed E-state index contributed by atoms with van der Waals surface area (Å²) in [6.07, 6.45) is 3.59. The maximum atomic E-state index is 11.4. The number of piperazine rings is 1. The molecule has 1 aliphatic heterocycles. The van der Waals surface area contributed by atoms with Gasteiger partial charge in [0.25, 0.3) is 0 Å². The summed E-state index contributed by atoms with van der Waals surface area (Å²) in [4.78, 5) is 2.33. The molecular formula is C11H25N3O2S. The summed E-state index contributed by atoms with van der Waals surface area (Å²) in [7, 11) is -3.01. The normalized spacial score (nSPS) is 21.6. The van der Waals surface area contributed by atoms with Crippen molar-refractivity contribution in [2.75, 3.05) is 45.5 Å². The average Bonchev–Trinajstić information content (AvgIpc) is 2.28. The lowest BCUT2D eigenvalue weighted by Crippen LogP contribution is -2.49. The van der Waals surface area contributed by atoms with Gasteiger partial charge >= 0.3 is 0 Å². The Kier molecular flexibility index (Phi) is 5.85. The molecule has 2 N–H and O–H groups in total. The van der Waals surface area contributed by atoms with Crippen molar-refractivity contribution >= 4 is 10.0 Å². The highest BCUT2D eigenvalue weighted by Gasteiger charge is 2.24. The molecule has 1 rings (SSSR count). The number of hydrogen-bond acceptors (Lipinski definition) is 4. The maximum Gasteiger partial charge on any atom is 0.211 e. The summed E-state index contributed by atoms with van der Waals surface area (Å²) in [5.41, 5.74) is 5.74.